The summed E-state index contributed by atoms with van der Waals surface area (Å²) in [7, 11) is 0. The number of halogens is 1. The molecule has 3 aromatic rings. The third-order valence-corrected chi connectivity index (χ3v) is 4.51. The van der Waals surface area contributed by atoms with Gasteiger partial charge in [-0.05, 0) is 17.7 Å². The van der Waals surface area contributed by atoms with Gasteiger partial charge in [-0.25, -0.2) is 0 Å². The Balaban J connectivity index is 1.84. The molecule has 0 atom stereocenters. The molecule has 1 fully saturated rings. The molecule has 0 saturated carbocycles. The fourth-order valence-corrected chi connectivity index (χ4v) is 3.16. The molecule has 2 aromatic carbocycles. The number of aromatic nitrogens is 1. The molecule has 4 rings (SSSR count). The predicted octanol–water partition coefficient (Wildman–Crippen LogP) is 4.07. The molecule has 0 amide bonds. The number of benzene rings is 2. The molecule has 0 bridgehead atoms. The molecule has 1 aliphatic heterocycles. The standard InChI is InChI=1S/C19H18ClN3O/c20-16-8-6-15(7-9-16)18-17(14-4-2-1-3-5-14)19(24-22-18)23-12-10-21-11-13-23/h1-9,21H,10-13H2. The minimum Gasteiger partial charge on any atom is -0.338 e. The van der Waals surface area contributed by atoms with Crippen LogP contribution in [0.15, 0.2) is 59.1 Å². The molecule has 122 valence electrons. The minimum atomic E-state index is 0.714. The van der Waals surface area contributed by atoms with Crippen LogP contribution in [0, 0.1) is 0 Å². The van der Waals surface area contributed by atoms with Gasteiger partial charge in [-0.2, -0.15) is 0 Å². The Morgan fingerprint density at radius 3 is 2.33 bits per heavy atom. The highest BCUT2D eigenvalue weighted by atomic mass is 35.5. The Morgan fingerprint density at radius 2 is 1.62 bits per heavy atom. The van der Waals surface area contributed by atoms with Gasteiger partial charge in [-0.1, -0.05) is 59.2 Å². The van der Waals surface area contributed by atoms with Gasteiger partial charge in [0.2, 0.25) is 5.88 Å². The van der Waals surface area contributed by atoms with E-state index in [0.29, 0.717) is 5.02 Å². The van der Waals surface area contributed by atoms with Crippen molar-refractivity contribution in [3.8, 4) is 22.4 Å². The normalized spacial score (nSPS) is 14.8. The third-order valence-electron chi connectivity index (χ3n) is 4.26. The van der Waals surface area contributed by atoms with E-state index in [-0.39, 0.29) is 0 Å². The molecule has 5 heteroatoms. The van der Waals surface area contributed by atoms with Gasteiger partial charge < -0.3 is 14.7 Å². The molecule has 1 N–H and O–H groups in total. The molecule has 1 aromatic heterocycles. The van der Waals surface area contributed by atoms with Crippen molar-refractivity contribution in [3.05, 3.63) is 59.6 Å². The first-order valence-electron chi connectivity index (χ1n) is 8.09. The van der Waals surface area contributed by atoms with Crippen molar-refractivity contribution in [2.45, 2.75) is 0 Å². The van der Waals surface area contributed by atoms with E-state index in [9.17, 15) is 0 Å². The number of hydrogen-bond acceptors (Lipinski definition) is 4. The summed E-state index contributed by atoms with van der Waals surface area (Å²) >= 11 is 6.02. The molecule has 2 heterocycles. The maximum Gasteiger partial charge on any atom is 0.235 e. The summed E-state index contributed by atoms with van der Waals surface area (Å²) in [5.74, 6) is 0.840. The van der Waals surface area contributed by atoms with Gasteiger partial charge in [0.05, 0.1) is 5.56 Å². The van der Waals surface area contributed by atoms with Crippen LogP contribution in [0.1, 0.15) is 0 Å². The van der Waals surface area contributed by atoms with Crippen LogP contribution in [0.3, 0.4) is 0 Å². The number of rotatable bonds is 3. The molecule has 4 nitrogen and oxygen atoms in total. The van der Waals surface area contributed by atoms with Gasteiger partial charge in [-0.3, -0.25) is 0 Å². The second-order valence-electron chi connectivity index (χ2n) is 5.82. The van der Waals surface area contributed by atoms with Crippen LogP contribution in [0.4, 0.5) is 5.88 Å². The minimum absolute atomic E-state index is 0.714. The Labute approximate surface area is 146 Å². The van der Waals surface area contributed by atoms with Crippen molar-refractivity contribution in [2.24, 2.45) is 0 Å². The zero-order valence-electron chi connectivity index (χ0n) is 13.2. The largest absolute Gasteiger partial charge is 0.338 e. The summed E-state index contributed by atoms with van der Waals surface area (Å²) < 4.78 is 5.79. The summed E-state index contributed by atoms with van der Waals surface area (Å²) in [4.78, 5) is 2.26. The van der Waals surface area contributed by atoms with Crippen molar-refractivity contribution in [1.82, 2.24) is 10.5 Å². The van der Waals surface area contributed by atoms with Crippen molar-refractivity contribution >= 4 is 17.5 Å². The number of anilines is 1. The molecule has 0 unspecified atom stereocenters. The Hall–Kier alpha value is -2.30. The van der Waals surface area contributed by atoms with Crippen LogP contribution in [-0.4, -0.2) is 31.3 Å². The van der Waals surface area contributed by atoms with E-state index >= 15 is 0 Å². The van der Waals surface area contributed by atoms with E-state index in [0.717, 1.165) is 54.4 Å². The Kier molecular flexibility index (Phi) is 4.24. The van der Waals surface area contributed by atoms with Crippen LogP contribution in [0.5, 0.6) is 0 Å². The van der Waals surface area contributed by atoms with Gasteiger partial charge in [-0.15, -0.1) is 0 Å². The molecule has 1 saturated heterocycles. The first kappa shape index (κ1) is 15.2. The smallest absolute Gasteiger partial charge is 0.235 e. The average molecular weight is 340 g/mol. The van der Waals surface area contributed by atoms with Gasteiger partial charge in [0, 0.05) is 36.8 Å². The summed E-state index contributed by atoms with van der Waals surface area (Å²) in [5, 5.41) is 8.47. The summed E-state index contributed by atoms with van der Waals surface area (Å²) in [5.41, 5.74) is 4.01. The summed E-state index contributed by atoms with van der Waals surface area (Å²) in [6, 6.07) is 18.0. The topological polar surface area (TPSA) is 41.3 Å². The van der Waals surface area contributed by atoms with Crippen LogP contribution in [-0.2, 0) is 0 Å². The average Bonchev–Trinajstić information content (AvgIpc) is 3.09. The fraction of sp³-hybridized carbons (Fsp3) is 0.211. The van der Waals surface area contributed by atoms with Crippen molar-refractivity contribution in [2.75, 3.05) is 31.1 Å². The highest BCUT2D eigenvalue weighted by Crippen LogP contribution is 2.39. The van der Waals surface area contributed by atoms with Crippen LogP contribution in [0.25, 0.3) is 22.4 Å². The number of nitrogens with one attached hydrogen (secondary N) is 1. The SMILES string of the molecule is Clc1ccc(-c2noc(N3CCNCC3)c2-c2ccccc2)cc1. The van der Waals surface area contributed by atoms with E-state index in [1.54, 1.807) is 0 Å². The molecule has 0 aliphatic carbocycles. The highest BCUT2D eigenvalue weighted by molar-refractivity contribution is 6.30. The zero-order chi connectivity index (χ0) is 16.4. The van der Waals surface area contributed by atoms with E-state index in [2.05, 4.69) is 27.5 Å². The van der Waals surface area contributed by atoms with E-state index in [1.165, 1.54) is 0 Å². The van der Waals surface area contributed by atoms with Gasteiger partial charge in [0.15, 0.2) is 0 Å². The second-order valence-corrected chi connectivity index (χ2v) is 6.26. The number of piperazine rings is 1. The maximum atomic E-state index is 6.02. The summed E-state index contributed by atoms with van der Waals surface area (Å²) in [6.07, 6.45) is 0. The van der Waals surface area contributed by atoms with Gasteiger partial charge in [0.25, 0.3) is 0 Å². The first-order chi connectivity index (χ1) is 11.8. The Bertz CT molecular complexity index is 808. The van der Waals surface area contributed by atoms with Crippen LogP contribution >= 0.6 is 11.6 Å². The zero-order valence-corrected chi connectivity index (χ0v) is 14.0. The number of nitrogens with zero attached hydrogens (tertiary/aromatic N) is 2. The van der Waals surface area contributed by atoms with Crippen molar-refractivity contribution in [1.29, 1.82) is 0 Å². The lowest BCUT2D eigenvalue weighted by atomic mass is 10.0. The van der Waals surface area contributed by atoms with Gasteiger partial charge in [0.1, 0.15) is 5.69 Å². The second kappa shape index (κ2) is 6.67. The predicted molar refractivity (Wildman–Crippen MR) is 97.5 cm³/mol. The van der Waals surface area contributed by atoms with Crippen molar-refractivity contribution in [3.63, 3.8) is 0 Å². The lowest BCUT2D eigenvalue weighted by molar-refractivity contribution is 0.409. The lowest BCUT2D eigenvalue weighted by Crippen LogP contribution is -2.43. The lowest BCUT2D eigenvalue weighted by Gasteiger charge is -2.27. The molecular weight excluding hydrogens is 322 g/mol. The molecular formula is C19H18ClN3O. The fourth-order valence-electron chi connectivity index (χ4n) is 3.04. The molecule has 0 radical (unpaired) electrons. The van der Waals surface area contributed by atoms with E-state index in [4.69, 9.17) is 16.1 Å². The maximum absolute atomic E-state index is 6.02. The quantitative estimate of drug-likeness (QED) is 0.781. The van der Waals surface area contributed by atoms with Gasteiger partial charge >= 0.3 is 0 Å². The number of hydrogen-bond donors (Lipinski definition) is 1. The van der Waals surface area contributed by atoms with E-state index in [1.807, 2.05) is 42.5 Å². The monoisotopic (exact) mass is 339 g/mol. The van der Waals surface area contributed by atoms with Crippen LogP contribution in [0.2, 0.25) is 5.02 Å². The third kappa shape index (κ3) is 2.90. The Morgan fingerprint density at radius 1 is 0.917 bits per heavy atom. The van der Waals surface area contributed by atoms with E-state index < -0.39 is 0 Å². The summed E-state index contributed by atoms with van der Waals surface area (Å²) in [6.45, 7) is 3.72. The molecule has 1 aliphatic rings. The first-order valence-corrected chi connectivity index (χ1v) is 8.47. The highest BCUT2D eigenvalue weighted by Gasteiger charge is 2.24. The van der Waals surface area contributed by atoms with Crippen LogP contribution < -0.4 is 10.2 Å². The van der Waals surface area contributed by atoms with Crippen molar-refractivity contribution < 1.29 is 4.52 Å². The molecule has 24 heavy (non-hydrogen) atoms. The molecule has 0 spiro atoms.